The molecule has 0 saturated heterocycles. The Morgan fingerprint density at radius 1 is 1.35 bits per heavy atom. The molecule has 0 bridgehead atoms. The lowest BCUT2D eigenvalue weighted by Crippen LogP contribution is -2.43. The Bertz CT molecular complexity index is 449. The first-order valence-corrected chi connectivity index (χ1v) is 6.81. The summed E-state index contributed by atoms with van der Waals surface area (Å²) >= 11 is 0. The van der Waals surface area contributed by atoms with Crippen LogP contribution >= 0.6 is 0 Å². The molecule has 0 atom stereocenters. The van der Waals surface area contributed by atoms with Crippen molar-refractivity contribution >= 4 is 12.0 Å². The Balaban J connectivity index is 2.56. The van der Waals surface area contributed by atoms with Crippen LogP contribution in [0.3, 0.4) is 0 Å². The molecule has 2 N–H and O–H groups in total. The summed E-state index contributed by atoms with van der Waals surface area (Å²) < 4.78 is 5.35. The first-order valence-electron chi connectivity index (χ1n) is 6.81. The molecule has 1 aromatic carbocycles. The molecule has 0 aliphatic heterocycles. The van der Waals surface area contributed by atoms with Crippen LogP contribution in [0.1, 0.15) is 32.8 Å². The summed E-state index contributed by atoms with van der Waals surface area (Å²) in [5.41, 5.74) is 0.526. The zero-order valence-electron chi connectivity index (χ0n) is 12.3. The van der Waals surface area contributed by atoms with Crippen molar-refractivity contribution in [3.05, 3.63) is 35.9 Å². The zero-order chi connectivity index (χ0) is 15.0. The zero-order valence-corrected chi connectivity index (χ0v) is 12.3. The maximum atomic E-state index is 11.8. The van der Waals surface area contributed by atoms with Crippen LogP contribution in [0, 0.1) is 0 Å². The molecule has 0 aliphatic rings. The summed E-state index contributed by atoms with van der Waals surface area (Å²) in [6.45, 7) is 6.39. The van der Waals surface area contributed by atoms with Crippen LogP contribution in [0.25, 0.3) is 6.08 Å². The molecule has 0 fully saturated rings. The van der Waals surface area contributed by atoms with Crippen molar-refractivity contribution in [2.75, 3.05) is 13.2 Å². The fraction of sp³-hybridized carbons (Fsp3) is 0.438. The van der Waals surface area contributed by atoms with E-state index >= 15 is 0 Å². The van der Waals surface area contributed by atoms with Crippen LogP contribution in [0.4, 0.5) is 0 Å². The molecule has 1 aromatic rings. The average molecular weight is 277 g/mol. The summed E-state index contributed by atoms with van der Waals surface area (Å²) in [4.78, 5) is 11.8. The van der Waals surface area contributed by atoms with Crippen molar-refractivity contribution in [3.63, 3.8) is 0 Å². The highest BCUT2D eigenvalue weighted by atomic mass is 16.5. The van der Waals surface area contributed by atoms with Crippen molar-refractivity contribution in [1.82, 2.24) is 5.32 Å². The van der Waals surface area contributed by atoms with E-state index in [1.165, 1.54) is 6.08 Å². The number of carbonyl (C=O) groups is 1. The molecule has 0 unspecified atom stereocenters. The van der Waals surface area contributed by atoms with Gasteiger partial charge in [0.1, 0.15) is 5.75 Å². The van der Waals surface area contributed by atoms with Gasteiger partial charge in [0.2, 0.25) is 5.91 Å². The smallest absolute Gasteiger partial charge is 0.244 e. The highest BCUT2D eigenvalue weighted by molar-refractivity contribution is 5.92. The molecular weight excluding hydrogens is 254 g/mol. The van der Waals surface area contributed by atoms with Crippen molar-refractivity contribution in [2.24, 2.45) is 0 Å². The minimum absolute atomic E-state index is 0.0515. The summed E-state index contributed by atoms with van der Waals surface area (Å²) in [6, 6.07) is 7.54. The monoisotopic (exact) mass is 277 g/mol. The molecule has 4 nitrogen and oxygen atoms in total. The number of amides is 1. The van der Waals surface area contributed by atoms with Gasteiger partial charge in [-0.3, -0.25) is 4.79 Å². The maximum Gasteiger partial charge on any atom is 0.244 e. The molecule has 0 heterocycles. The van der Waals surface area contributed by atoms with E-state index in [-0.39, 0.29) is 12.5 Å². The van der Waals surface area contributed by atoms with Gasteiger partial charge in [-0.25, -0.2) is 0 Å². The van der Waals surface area contributed by atoms with Crippen LogP contribution in [0.15, 0.2) is 30.3 Å². The van der Waals surface area contributed by atoms with Crippen LogP contribution in [-0.2, 0) is 4.79 Å². The van der Waals surface area contributed by atoms with E-state index in [1.807, 2.05) is 45.0 Å². The first-order chi connectivity index (χ1) is 9.46. The molecule has 1 amide bonds. The number of hydrogen-bond donors (Lipinski definition) is 2. The van der Waals surface area contributed by atoms with Gasteiger partial charge in [-0.05, 0) is 51.0 Å². The predicted octanol–water partition coefficient (Wildman–Crippen LogP) is 2.38. The number of aliphatic hydroxyl groups excluding tert-OH is 1. The van der Waals surface area contributed by atoms with Gasteiger partial charge in [-0.2, -0.15) is 0 Å². The van der Waals surface area contributed by atoms with Crippen LogP contribution in [0.2, 0.25) is 0 Å². The van der Waals surface area contributed by atoms with E-state index in [0.717, 1.165) is 11.3 Å². The lowest BCUT2D eigenvalue weighted by Gasteiger charge is -2.24. The van der Waals surface area contributed by atoms with E-state index in [4.69, 9.17) is 9.84 Å². The van der Waals surface area contributed by atoms with Gasteiger partial charge in [0.25, 0.3) is 0 Å². The molecule has 1 rings (SSSR count). The summed E-state index contributed by atoms with van der Waals surface area (Å²) in [6.07, 6.45) is 3.77. The lowest BCUT2D eigenvalue weighted by atomic mass is 10.0. The average Bonchev–Trinajstić information content (AvgIpc) is 2.37. The van der Waals surface area contributed by atoms with Crippen LogP contribution < -0.4 is 10.1 Å². The predicted molar refractivity (Wildman–Crippen MR) is 80.6 cm³/mol. The lowest BCUT2D eigenvalue weighted by molar-refractivity contribution is -0.118. The fourth-order valence-electron chi connectivity index (χ4n) is 1.73. The third-order valence-corrected chi connectivity index (χ3v) is 2.82. The third-order valence-electron chi connectivity index (χ3n) is 2.82. The molecule has 0 saturated carbocycles. The number of carbonyl (C=O) groups excluding carboxylic acids is 1. The SMILES string of the molecule is CCOc1ccc(/C=C/C(=O)NC(C)(C)CCO)cc1. The number of ether oxygens (including phenoxy) is 1. The van der Waals surface area contributed by atoms with Gasteiger partial charge in [-0.1, -0.05) is 12.1 Å². The third kappa shape index (κ3) is 5.89. The Labute approximate surface area is 120 Å². The second kappa shape index (κ2) is 7.70. The first kappa shape index (κ1) is 16.2. The normalized spacial score (nSPS) is 11.6. The number of nitrogens with one attached hydrogen (secondary N) is 1. The fourth-order valence-corrected chi connectivity index (χ4v) is 1.73. The van der Waals surface area contributed by atoms with Crippen molar-refractivity contribution < 1.29 is 14.6 Å². The van der Waals surface area contributed by atoms with Crippen molar-refractivity contribution in [3.8, 4) is 5.75 Å². The van der Waals surface area contributed by atoms with Gasteiger partial charge < -0.3 is 15.2 Å². The largest absolute Gasteiger partial charge is 0.494 e. The van der Waals surface area contributed by atoms with E-state index in [1.54, 1.807) is 6.08 Å². The molecule has 0 radical (unpaired) electrons. The molecule has 20 heavy (non-hydrogen) atoms. The minimum Gasteiger partial charge on any atom is -0.494 e. The second-order valence-electron chi connectivity index (χ2n) is 5.18. The molecule has 0 aromatic heterocycles. The summed E-state index contributed by atoms with van der Waals surface area (Å²) in [7, 11) is 0. The van der Waals surface area contributed by atoms with E-state index in [0.29, 0.717) is 13.0 Å². The number of rotatable bonds is 7. The van der Waals surface area contributed by atoms with Gasteiger partial charge in [0.05, 0.1) is 6.61 Å². The molecular formula is C16H23NO3. The molecule has 0 aliphatic carbocycles. The standard InChI is InChI=1S/C16H23NO3/c1-4-20-14-8-5-13(6-9-14)7-10-15(19)17-16(2,3)11-12-18/h5-10,18H,4,11-12H2,1-3H3,(H,17,19)/b10-7+. The van der Waals surface area contributed by atoms with Gasteiger partial charge in [0.15, 0.2) is 0 Å². The Kier molecular flexibility index (Phi) is 6.25. The highest BCUT2D eigenvalue weighted by Crippen LogP contribution is 2.13. The summed E-state index contributed by atoms with van der Waals surface area (Å²) in [5.74, 6) is 0.649. The molecule has 0 spiro atoms. The molecule has 4 heteroatoms. The number of hydrogen-bond acceptors (Lipinski definition) is 3. The topological polar surface area (TPSA) is 58.6 Å². The Morgan fingerprint density at radius 3 is 2.55 bits per heavy atom. The second-order valence-corrected chi connectivity index (χ2v) is 5.18. The van der Waals surface area contributed by atoms with E-state index < -0.39 is 5.54 Å². The highest BCUT2D eigenvalue weighted by Gasteiger charge is 2.17. The number of benzene rings is 1. The van der Waals surface area contributed by atoms with Crippen molar-refractivity contribution in [2.45, 2.75) is 32.7 Å². The minimum atomic E-state index is -0.408. The Morgan fingerprint density at radius 2 is 2.00 bits per heavy atom. The van der Waals surface area contributed by atoms with E-state index in [2.05, 4.69) is 5.32 Å². The van der Waals surface area contributed by atoms with Gasteiger partial charge in [0, 0.05) is 18.2 Å². The quantitative estimate of drug-likeness (QED) is 0.752. The van der Waals surface area contributed by atoms with Crippen molar-refractivity contribution in [1.29, 1.82) is 0 Å². The molecule has 110 valence electrons. The maximum absolute atomic E-state index is 11.8. The number of aliphatic hydroxyl groups is 1. The van der Waals surface area contributed by atoms with Gasteiger partial charge >= 0.3 is 0 Å². The van der Waals surface area contributed by atoms with Crippen LogP contribution in [0.5, 0.6) is 5.75 Å². The Hall–Kier alpha value is -1.81. The van der Waals surface area contributed by atoms with Gasteiger partial charge in [-0.15, -0.1) is 0 Å². The summed E-state index contributed by atoms with van der Waals surface area (Å²) in [5, 5.41) is 11.8. The van der Waals surface area contributed by atoms with E-state index in [9.17, 15) is 4.79 Å². The van der Waals surface area contributed by atoms with Crippen LogP contribution in [-0.4, -0.2) is 29.8 Å².